The van der Waals surface area contributed by atoms with Gasteiger partial charge in [-0.05, 0) is 30.9 Å². The number of hydrogen-bond donors (Lipinski definition) is 2. The fourth-order valence-corrected chi connectivity index (χ4v) is 4.75. The van der Waals surface area contributed by atoms with Gasteiger partial charge in [0.2, 0.25) is 0 Å². The smallest absolute Gasteiger partial charge is 0.405 e. The molecule has 0 saturated carbocycles. The fraction of sp³-hybridized carbons (Fsp3) is 0.556. The number of pyridine rings is 1. The molecule has 13 nitrogen and oxygen atoms in total. The van der Waals surface area contributed by atoms with Gasteiger partial charge in [-0.3, -0.25) is 4.79 Å². The second-order valence-corrected chi connectivity index (χ2v) is 10.2. The van der Waals surface area contributed by atoms with Gasteiger partial charge in [0.15, 0.2) is 17.6 Å². The molecule has 13 heteroatoms. The van der Waals surface area contributed by atoms with Crippen LogP contribution in [0.3, 0.4) is 0 Å². The summed E-state index contributed by atoms with van der Waals surface area (Å²) in [6.07, 6.45) is 4.96. The molecule has 0 spiro atoms. The largest absolute Gasteiger partial charge is 0.462 e. The van der Waals surface area contributed by atoms with E-state index in [1.807, 2.05) is 27.0 Å². The number of anilines is 2. The zero-order chi connectivity index (χ0) is 28.8. The second-order valence-electron chi connectivity index (χ2n) is 10.2. The van der Waals surface area contributed by atoms with Crippen molar-refractivity contribution in [2.45, 2.75) is 59.5 Å². The third-order valence-electron chi connectivity index (χ3n) is 7.20. The molecule has 3 aromatic heterocycles. The van der Waals surface area contributed by atoms with E-state index < -0.39 is 12.2 Å². The summed E-state index contributed by atoms with van der Waals surface area (Å²) >= 11 is 0. The Morgan fingerprint density at radius 2 is 1.88 bits per heavy atom. The van der Waals surface area contributed by atoms with Crippen molar-refractivity contribution >= 4 is 29.3 Å². The fourth-order valence-electron chi connectivity index (χ4n) is 4.75. The number of fused-ring (bicyclic) bond motifs is 1. The van der Waals surface area contributed by atoms with Crippen molar-refractivity contribution in [3.05, 3.63) is 35.3 Å². The Morgan fingerprint density at radius 1 is 1.12 bits per heavy atom. The normalized spacial score (nSPS) is 15.2. The van der Waals surface area contributed by atoms with E-state index in [1.165, 1.54) is 0 Å². The van der Waals surface area contributed by atoms with Gasteiger partial charge < -0.3 is 30.7 Å². The first-order valence-electron chi connectivity index (χ1n) is 13.8. The predicted octanol–water partition coefficient (Wildman–Crippen LogP) is 2.34. The number of ether oxygens (including phenoxy) is 2. The third kappa shape index (κ3) is 6.52. The minimum atomic E-state index is -0.933. The lowest BCUT2D eigenvalue weighted by molar-refractivity contribution is -0.143. The molecule has 4 heterocycles. The summed E-state index contributed by atoms with van der Waals surface area (Å²) in [5.41, 5.74) is 14.7. The summed E-state index contributed by atoms with van der Waals surface area (Å²) in [6.45, 7) is 10.7. The number of nitrogens with two attached hydrogens (primary N) is 2. The number of amides is 2. The van der Waals surface area contributed by atoms with E-state index in [0.717, 1.165) is 35.5 Å². The lowest BCUT2D eigenvalue weighted by Crippen LogP contribution is -2.53. The second kappa shape index (κ2) is 12.8. The lowest BCUT2D eigenvalue weighted by Gasteiger charge is -2.38. The quantitative estimate of drug-likeness (QED) is 0.336. The van der Waals surface area contributed by atoms with Gasteiger partial charge >= 0.3 is 12.1 Å². The van der Waals surface area contributed by atoms with Gasteiger partial charge in [0.25, 0.3) is 5.91 Å². The van der Waals surface area contributed by atoms with Crippen LogP contribution in [0.4, 0.5) is 16.4 Å². The molecule has 2 atom stereocenters. The lowest BCUT2D eigenvalue weighted by atomic mass is 10.00. The van der Waals surface area contributed by atoms with Crippen molar-refractivity contribution in [2.75, 3.05) is 43.4 Å². The van der Waals surface area contributed by atoms with Gasteiger partial charge in [0.1, 0.15) is 5.82 Å². The molecular formula is C27H39N9O4. The Morgan fingerprint density at radius 3 is 2.52 bits per heavy atom. The van der Waals surface area contributed by atoms with E-state index in [4.69, 9.17) is 25.9 Å². The summed E-state index contributed by atoms with van der Waals surface area (Å²) in [5, 5.41) is 4.49. The SMILES string of the molecule is CCCCOc1nc(N)c2ncc(Cc3cnc(N4CCN(C(=O)C(OC(N)=O)C(C)CC)CC4)c(C)c3)n2n1. The van der Waals surface area contributed by atoms with Crippen LogP contribution < -0.4 is 21.1 Å². The van der Waals surface area contributed by atoms with Gasteiger partial charge in [0, 0.05) is 44.7 Å². The number of rotatable bonds is 11. The topological polar surface area (TPSA) is 167 Å². The van der Waals surface area contributed by atoms with Crippen LogP contribution in [0.2, 0.25) is 0 Å². The van der Waals surface area contributed by atoms with Gasteiger partial charge in [-0.2, -0.15) is 4.98 Å². The molecule has 1 saturated heterocycles. The third-order valence-corrected chi connectivity index (χ3v) is 7.20. The Bertz CT molecular complexity index is 1340. The highest BCUT2D eigenvalue weighted by atomic mass is 16.6. The summed E-state index contributed by atoms with van der Waals surface area (Å²) in [6, 6.07) is 2.33. The molecule has 2 unspecified atom stereocenters. The molecule has 1 fully saturated rings. The highest BCUT2D eigenvalue weighted by molar-refractivity contribution is 5.84. The molecule has 1 aliphatic rings. The van der Waals surface area contributed by atoms with Crippen LogP contribution in [-0.4, -0.2) is 80.4 Å². The highest BCUT2D eigenvalue weighted by Gasteiger charge is 2.33. The number of imidazole rings is 1. The molecule has 4 rings (SSSR count). The van der Waals surface area contributed by atoms with Crippen LogP contribution in [0.25, 0.3) is 5.65 Å². The van der Waals surface area contributed by atoms with E-state index in [-0.39, 0.29) is 23.7 Å². The number of hydrogen-bond acceptors (Lipinski definition) is 10. The minimum absolute atomic E-state index is 0.120. The van der Waals surface area contributed by atoms with Crippen molar-refractivity contribution in [2.24, 2.45) is 11.7 Å². The maximum Gasteiger partial charge on any atom is 0.405 e. The maximum absolute atomic E-state index is 13.1. The molecule has 3 aromatic rings. The average molecular weight is 554 g/mol. The number of primary amides is 1. The van der Waals surface area contributed by atoms with Gasteiger partial charge in [-0.1, -0.05) is 33.3 Å². The van der Waals surface area contributed by atoms with Crippen molar-refractivity contribution < 1.29 is 19.1 Å². The number of nitrogen functional groups attached to an aromatic ring is 1. The molecule has 0 aliphatic carbocycles. The van der Waals surface area contributed by atoms with Gasteiger partial charge in [0.05, 0.1) is 18.5 Å². The van der Waals surface area contributed by atoms with Crippen molar-refractivity contribution in [3.8, 4) is 6.01 Å². The summed E-state index contributed by atoms with van der Waals surface area (Å²) < 4.78 is 12.5. The summed E-state index contributed by atoms with van der Waals surface area (Å²) in [4.78, 5) is 41.7. The first kappa shape index (κ1) is 28.8. The first-order chi connectivity index (χ1) is 19.2. The summed E-state index contributed by atoms with van der Waals surface area (Å²) in [7, 11) is 0. The molecule has 0 radical (unpaired) electrons. The number of nitrogens with zero attached hydrogens (tertiary/aromatic N) is 7. The van der Waals surface area contributed by atoms with Crippen LogP contribution in [0.5, 0.6) is 6.01 Å². The van der Waals surface area contributed by atoms with Crippen LogP contribution in [0.1, 0.15) is 56.9 Å². The number of aromatic nitrogens is 5. The first-order valence-corrected chi connectivity index (χ1v) is 13.8. The summed E-state index contributed by atoms with van der Waals surface area (Å²) in [5.74, 6) is 0.820. The molecule has 0 aromatic carbocycles. The number of carbonyl (C=O) groups excluding carboxylic acids is 2. The number of unbranched alkanes of at least 4 members (excludes halogenated alkanes) is 1. The van der Waals surface area contributed by atoms with Crippen LogP contribution in [-0.2, 0) is 16.0 Å². The predicted molar refractivity (Wildman–Crippen MR) is 150 cm³/mol. The molecule has 1 aliphatic heterocycles. The number of carbonyl (C=O) groups is 2. The van der Waals surface area contributed by atoms with Gasteiger partial charge in [-0.25, -0.2) is 19.3 Å². The van der Waals surface area contributed by atoms with Crippen molar-refractivity contribution in [1.82, 2.24) is 29.5 Å². The van der Waals surface area contributed by atoms with E-state index >= 15 is 0 Å². The number of piperazine rings is 1. The molecule has 40 heavy (non-hydrogen) atoms. The molecule has 216 valence electrons. The Balaban J connectivity index is 1.42. The van der Waals surface area contributed by atoms with E-state index in [1.54, 1.807) is 15.6 Å². The molecule has 2 amide bonds. The average Bonchev–Trinajstić information content (AvgIpc) is 3.34. The Labute approximate surface area is 233 Å². The zero-order valence-corrected chi connectivity index (χ0v) is 23.7. The molecular weight excluding hydrogens is 514 g/mol. The van der Waals surface area contributed by atoms with Crippen LogP contribution in [0, 0.1) is 12.8 Å². The Hall–Kier alpha value is -4.16. The Kier molecular flexibility index (Phi) is 9.22. The molecule has 4 N–H and O–H groups in total. The van der Waals surface area contributed by atoms with Crippen LogP contribution in [0.15, 0.2) is 18.5 Å². The van der Waals surface area contributed by atoms with Crippen molar-refractivity contribution in [1.29, 1.82) is 0 Å². The van der Waals surface area contributed by atoms with Crippen molar-refractivity contribution in [3.63, 3.8) is 0 Å². The van der Waals surface area contributed by atoms with E-state index in [0.29, 0.717) is 51.3 Å². The van der Waals surface area contributed by atoms with Crippen LogP contribution >= 0.6 is 0 Å². The minimum Gasteiger partial charge on any atom is -0.462 e. The number of aryl methyl sites for hydroxylation is 1. The standard InChI is InChI=1S/C27H39N9O4/c1-5-7-12-39-27-32-22(28)24-31-16-20(36(24)33-27)14-19-13-18(4)23(30-15-19)34-8-10-35(11-9-34)25(37)21(17(3)6-2)40-26(29)38/h13,15-17,21H,5-12,14H2,1-4H3,(H2,29,38)(H2,28,32,33). The monoisotopic (exact) mass is 553 g/mol. The zero-order valence-electron chi connectivity index (χ0n) is 23.7. The van der Waals surface area contributed by atoms with Gasteiger partial charge in [-0.15, -0.1) is 5.10 Å². The highest BCUT2D eigenvalue weighted by Crippen LogP contribution is 2.23. The maximum atomic E-state index is 13.1. The van der Waals surface area contributed by atoms with E-state index in [2.05, 4.69) is 33.0 Å². The molecule has 0 bridgehead atoms. The van der Waals surface area contributed by atoms with E-state index in [9.17, 15) is 9.59 Å².